The summed E-state index contributed by atoms with van der Waals surface area (Å²) in [6.07, 6.45) is 1.53. The van der Waals surface area contributed by atoms with Gasteiger partial charge in [-0.3, -0.25) is 4.79 Å². The summed E-state index contributed by atoms with van der Waals surface area (Å²) in [5.74, 6) is -0.277. The van der Waals surface area contributed by atoms with E-state index in [1.165, 1.54) is 23.9 Å². The second-order valence-corrected chi connectivity index (χ2v) is 6.00. The molecule has 2 N–H and O–H groups in total. The van der Waals surface area contributed by atoms with Gasteiger partial charge in [0, 0.05) is 18.4 Å². The molecule has 0 unspecified atom stereocenters. The Labute approximate surface area is 151 Å². The Kier molecular flexibility index (Phi) is 5.22. The molecule has 3 aromatic rings. The average Bonchev–Trinajstić information content (AvgIpc) is 2.64. The van der Waals surface area contributed by atoms with E-state index in [2.05, 4.69) is 20.6 Å². The molecule has 0 saturated heterocycles. The Balaban J connectivity index is 1.66. The van der Waals surface area contributed by atoms with Crippen LogP contribution in [0.3, 0.4) is 0 Å². The summed E-state index contributed by atoms with van der Waals surface area (Å²) in [5, 5.41) is 5.87. The maximum Gasteiger partial charge on any atom is 0.270 e. The first-order valence-corrected chi connectivity index (χ1v) is 8.21. The van der Waals surface area contributed by atoms with Crippen LogP contribution in [0.15, 0.2) is 54.7 Å². The van der Waals surface area contributed by atoms with Crippen LogP contribution in [0.1, 0.15) is 27.2 Å². The predicted octanol–water partition coefficient (Wildman–Crippen LogP) is 3.91. The first-order valence-electron chi connectivity index (χ1n) is 8.21. The summed E-state index contributed by atoms with van der Waals surface area (Å²) in [4.78, 5) is 20.7. The number of aromatic nitrogens is 2. The lowest BCUT2D eigenvalue weighted by atomic mass is 10.1. The van der Waals surface area contributed by atoms with E-state index in [4.69, 9.17) is 0 Å². The first-order chi connectivity index (χ1) is 12.5. The highest BCUT2D eigenvalue weighted by Gasteiger charge is 2.09. The SMILES string of the molecule is Cc1ccc(Nc2nccc(C(=O)NCc3ccc(F)cc3)n2)cc1C. The number of carbonyl (C=O) groups is 1. The fourth-order valence-corrected chi connectivity index (χ4v) is 2.37. The van der Waals surface area contributed by atoms with Gasteiger partial charge in [-0.25, -0.2) is 14.4 Å². The van der Waals surface area contributed by atoms with Gasteiger partial charge in [0.15, 0.2) is 0 Å². The van der Waals surface area contributed by atoms with Crippen molar-refractivity contribution in [3.05, 3.63) is 82.9 Å². The van der Waals surface area contributed by atoms with E-state index in [-0.39, 0.29) is 17.4 Å². The fourth-order valence-electron chi connectivity index (χ4n) is 2.37. The van der Waals surface area contributed by atoms with Crippen LogP contribution >= 0.6 is 0 Å². The first kappa shape index (κ1) is 17.5. The van der Waals surface area contributed by atoms with Gasteiger partial charge < -0.3 is 10.6 Å². The summed E-state index contributed by atoms with van der Waals surface area (Å²) in [6.45, 7) is 4.37. The van der Waals surface area contributed by atoms with Gasteiger partial charge in [0.2, 0.25) is 5.95 Å². The highest BCUT2D eigenvalue weighted by molar-refractivity contribution is 5.92. The third kappa shape index (κ3) is 4.42. The molecule has 26 heavy (non-hydrogen) atoms. The number of hydrogen-bond acceptors (Lipinski definition) is 4. The van der Waals surface area contributed by atoms with Crippen molar-refractivity contribution >= 4 is 17.5 Å². The summed E-state index contributed by atoms with van der Waals surface area (Å²) in [5.41, 5.74) is 4.28. The van der Waals surface area contributed by atoms with E-state index >= 15 is 0 Å². The lowest BCUT2D eigenvalue weighted by molar-refractivity contribution is 0.0946. The summed E-state index contributed by atoms with van der Waals surface area (Å²) < 4.78 is 12.9. The molecular formula is C20H19FN4O. The van der Waals surface area contributed by atoms with Gasteiger partial charge in [0.25, 0.3) is 5.91 Å². The van der Waals surface area contributed by atoms with Crippen molar-refractivity contribution in [1.29, 1.82) is 0 Å². The van der Waals surface area contributed by atoms with Crippen LogP contribution in [-0.2, 0) is 6.54 Å². The number of amides is 1. The quantitative estimate of drug-likeness (QED) is 0.732. The molecule has 0 saturated carbocycles. The molecule has 0 aliphatic carbocycles. The molecule has 3 rings (SSSR count). The maximum atomic E-state index is 12.9. The third-order valence-corrected chi connectivity index (χ3v) is 4.02. The zero-order valence-electron chi connectivity index (χ0n) is 14.6. The number of halogens is 1. The lowest BCUT2D eigenvalue weighted by Gasteiger charge is -2.09. The van der Waals surface area contributed by atoms with Crippen LogP contribution in [0, 0.1) is 19.7 Å². The number of anilines is 2. The molecule has 1 aromatic heterocycles. The second kappa shape index (κ2) is 7.74. The lowest BCUT2D eigenvalue weighted by Crippen LogP contribution is -2.24. The molecule has 5 nitrogen and oxygen atoms in total. The monoisotopic (exact) mass is 350 g/mol. The molecule has 0 spiro atoms. The molecule has 1 heterocycles. The molecule has 1 amide bonds. The second-order valence-electron chi connectivity index (χ2n) is 6.00. The van der Waals surface area contributed by atoms with Gasteiger partial charge in [0.05, 0.1) is 0 Å². The van der Waals surface area contributed by atoms with E-state index in [0.717, 1.165) is 16.8 Å². The molecule has 6 heteroatoms. The standard InChI is InChI=1S/C20H19FN4O/c1-13-3-8-17(11-14(13)2)24-20-22-10-9-18(25-20)19(26)23-12-15-4-6-16(21)7-5-15/h3-11H,12H2,1-2H3,(H,23,26)(H,22,24,25). The van der Waals surface area contributed by atoms with Crippen molar-refractivity contribution in [2.24, 2.45) is 0 Å². The van der Waals surface area contributed by atoms with Gasteiger partial charge >= 0.3 is 0 Å². The van der Waals surface area contributed by atoms with E-state index in [9.17, 15) is 9.18 Å². The zero-order chi connectivity index (χ0) is 18.5. The van der Waals surface area contributed by atoms with Gasteiger partial charge in [-0.1, -0.05) is 18.2 Å². The maximum absolute atomic E-state index is 12.9. The van der Waals surface area contributed by atoms with Gasteiger partial charge in [-0.05, 0) is 60.9 Å². The minimum Gasteiger partial charge on any atom is -0.347 e. The number of nitrogens with zero attached hydrogens (tertiary/aromatic N) is 2. The highest BCUT2D eigenvalue weighted by atomic mass is 19.1. The fraction of sp³-hybridized carbons (Fsp3) is 0.150. The normalized spacial score (nSPS) is 10.4. The third-order valence-electron chi connectivity index (χ3n) is 4.02. The predicted molar refractivity (Wildman–Crippen MR) is 98.8 cm³/mol. The van der Waals surface area contributed by atoms with Gasteiger partial charge in [0.1, 0.15) is 11.5 Å². The smallest absolute Gasteiger partial charge is 0.270 e. The number of aryl methyl sites for hydroxylation is 2. The minimum atomic E-state index is -0.320. The van der Waals surface area contributed by atoms with Crippen molar-refractivity contribution in [3.63, 3.8) is 0 Å². The van der Waals surface area contributed by atoms with E-state index in [0.29, 0.717) is 12.5 Å². The Morgan fingerprint density at radius 3 is 2.54 bits per heavy atom. The Morgan fingerprint density at radius 2 is 1.81 bits per heavy atom. The van der Waals surface area contributed by atoms with E-state index in [1.807, 2.05) is 32.0 Å². The number of carbonyl (C=O) groups excluding carboxylic acids is 1. The van der Waals surface area contributed by atoms with Crippen molar-refractivity contribution in [2.45, 2.75) is 20.4 Å². The van der Waals surface area contributed by atoms with Crippen LogP contribution < -0.4 is 10.6 Å². The minimum absolute atomic E-state index is 0.258. The largest absolute Gasteiger partial charge is 0.347 e. The van der Waals surface area contributed by atoms with E-state index in [1.54, 1.807) is 18.2 Å². The Morgan fingerprint density at radius 1 is 1.04 bits per heavy atom. The van der Waals surface area contributed by atoms with Crippen molar-refractivity contribution < 1.29 is 9.18 Å². The number of hydrogen-bond donors (Lipinski definition) is 2. The summed E-state index contributed by atoms with van der Waals surface area (Å²) in [7, 11) is 0. The van der Waals surface area contributed by atoms with Crippen LogP contribution in [0.25, 0.3) is 0 Å². The number of benzene rings is 2. The molecule has 132 valence electrons. The topological polar surface area (TPSA) is 66.9 Å². The average molecular weight is 350 g/mol. The molecular weight excluding hydrogens is 331 g/mol. The highest BCUT2D eigenvalue weighted by Crippen LogP contribution is 2.17. The summed E-state index contributed by atoms with van der Waals surface area (Å²) >= 11 is 0. The van der Waals surface area contributed by atoms with Crippen LogP contribution in [0.5, 0.6) is 0 Å². The molecule has 0 radical (unpaired) electrons. The van der Waals surface area contributed by atoms with Crippen molar-refractivity contribution in [2.75, 3.05) is 5.32 Å². The molecule has 0 aliphatic heterocycles. The van der Waals surface area contributed by atoms with Crippen LogP contribution in [0.4, 0.5) is 16.0 Å². The Bertz CT molecular complexity index is 925. The summed E-state index contributed by atoms with van der Waals surface area (Å²) in [6, 6.07) is 13.5. The van der Waals surface area contributed by atoms with Crippen LogP contribution in [-0.4, -0.2) is 15.9 Å². The Hall–Kier alpha value is -3.28. The zero-order valence-corrected chi connectivity index (χ0v) is 14.6. The van der Waals surface area contributed by atoms with Crippen molar-refractivity contribution in [3.8, 4) is 0 Å². The molecule has 0 aliphatic rings. The van der Waals surface area contributed by atoms with Crippen LogP contribution in [0.2, 0.25) is 0 Å². The van der Waals surface area contributed by atoms with Gasteiger partial charge in [-0.2, -0.15) is 0 Å². The number of nitrogens with one attached hydrogen (secondary N) is 2. The number of rotatable bonds is 5. The van der Waals surface area contributed by atoms with Gasteiger partial charge in [-0.15, -0.1) is 0 Å². The molecule has 0 atom stereocenters. The molecule has 2 aromatic carbocycles. The van der Waals surface area contributed by atoms with Crippen molar-refractivity contribution in [1.82, 2.24) is 15.3 Å². The molecule has 0 fully saturated rings. The van der Waals surface area contributed by atoms with E-state index < -0.39 is 0 Å². The molecule has 0 bridgehead atoms.